The fourth-order valence-corrected chi connectivity index (χ4v) is 1.71. The van der Waals surface area contributed by atoms with Crippen molar-refractivity contribution in [3.63, 3.8) is 0 Å². The van der Waals surface area contributed by atoms with Crippen LogP contribution in [0, 0.1) is 6.92 Å². The average Bonchev–Trinajstić information content (AvgIpc) is 2.90. The molecule has 0 aliphatic rings. The van der Waals surface area contributed by atoms with Crippen LogP contribution in [0.5, 0.6) is 0 Å². The van der Waals surface area contributed by atoms with Gasteiger partial charge in [-0.15, -0.1) is 0 Å². The molecule has 0 atom stereocenters. The van der Waals surface area contributed by atoms with Gasteiger partial charge in [-0.05, 0) is 6.92 Å². The van der Waals surface area contributed by atoms with Crippen LogP contribution in [-0.4, -0.2) is 22.2 Å². The van der Waals surface area contributed by atoms with Gasteiger partial charge in [0.2, 0.25) is 0 Å². The van der Waals surface area contributed by atoms with E-state index in [4.69, 9.17) is 4.52 Å². The van der Waals surface area contributed by atoms with Crippen LogP contribution in [0.4, 0.5) is 11.6 Å². The van der Waals surface area contributed by atoms with Crippen LogP contribution in [-0.2, 0) is 6.54 Å². The maximum Gasteiger partial charge on any atom is 0.135 e. The average molecular weight is 261 g/mol. The molecule has 0 unspecified atom stereocenters. The van der Waals surface area contributed by atoms with Crippen LogP contribution in [0.3, 0.4) is 0 Å². The van der Waals surface area contributed by atoms with Gasteiger partial charge in [-0.2, -0.15) is 0 Å². The van der Waals surface area contributed by atoms with Crippen LogP contribution < -0.4 is 10.6 Å². The third kappa shape index (κ3) is 3.01. The lowest BCUT2D eigenvalue weighted by atomic mass is 10.2. The highest BCUT2D eigenvalue weighted by Gasteiger charge is 2.12. The summed E-state index contributed by atoms with van der Waals surface area (Å²) in [4.78, 5) is 9.06. The van der Waals surface area contributed by atoms with Crippen LogP contribution in [0.25, 0.3) is 0 Å². The Morgan fingerprint density at radius 2 is 2.00 bits per heavy atom. The molecule has 0 radical (unpaired) electrons. The molecule has 0 aromatic carbocycles. The van der Waals surface area contributed by atoms with E-state index in [1.54, 1.807) is 6.26 Å². The molecule has 19 heavy (non-hydrogen) atoms. The Bertz CT molecular complexity index is 536. The number of hydrogen-bond donors (Lipinski definition) is 2. The van der Waals surface area contributed by atoms with E-state index in [1.807, 2.05) is 20.0 Å². The molecule has 0 saturated heterocycles. The number of hydrogen-bond acceptors (Lipinski definition) is 6. The molecule has 2 aromatic rings. The lowest BCUT2D eigenvalue weighted by molar-refractivity contribution is 0.412. The first-order chi connectivity index (χ1) is 9.11. The summed E-state index contributed by atoms with van der Waals surface area (Å²) in [7, 11) is 1.86. The van der Waals surface area contributed by atoms with Crippen LogP contribution >= 0.6 is 0 Å². The molecule has 2 N–H and O–H groups in total. The Morgan fingerprint density at radius 1 is 1.26 bits per heavy atom. The SMILES string of the molecule is CNc1nc(C(C)C)nc(NCc2ccon2)c1C. The first kappa shape index (κ1) is 13.3. The van der Waals surface area contributed by atoms with Crippen LogP contribution in [0.2, 0.25) is 0 Å². The first-order valence-electron chi connectivity index (χ1n) is 6.31. The molecule has 102 valence electrons. The monoisotopic (exact) mass is 261 g/mol. The van der Waals surface area contributed by atoms with Crippen LogP contribution in [0.1, 0.15) is 36.8 Å². The summed E-state index contributed by atoms with van der Waals surface area (Å²) in [6.45, 7) is 6.72. The van der Waals surface area contributed by atoms with E-state index in [-0.39, 0.29) is 5.92 Å². The van der Waals surface area contributed by atoms with Gasteiger partial charge in [-0.3, -0.25) is 0 Å². The number of anilines is 2. The third-order valence-corrected chi connectivity index (χ3v) is 2.84. The molecule has 2 aromatic heterocycles. The molecule has 0 amide bonds. The molecule has 6 nitrogen and oxygen atoms in total. The summed E-state index contributed by atoms with van der Waals surface area (Å²) in [6, 6.07) is 1.83. The Kier molecular flexibility index (Phi) is 3.99. The van der Waals surface area contributed by atoms with Gasteiger partial charge in [0.05, 0.1) is 6.54 Å². The first-order valence-corrected chi connectivity index (χ1v) is 6.31. The molecule has 0 aliphatic carbocycles. The maximum atomic E-state index is 4.80. The third-order valence-electron chi connectivity index (χ3n) is 2.84. The topological polar surface area (TPSA) is 75.9 Å². The van der Waals surface area contributed by atoms with Gasteiger partial charge >= 0.3 is 0 Å². The highest BCUT2D eigenvalue weighted by molar-refractivity contribution is 5.57. The maximum absolute atomic E-state index is 4.80. The van der Waals surface area contributed by atoms with E-state index in [9.17, 15) is 0 Å². The van der Waals surface area contributed by atoms with Gasteiger partial charge in [-0.25, -0.2) is 9.97 Å². The smallest absolute Gasteiger partial charge is 0.135 e. The van der Waals surface area contributed by atoms with E-state index < -0.39 is 0 Å². The summed E-state index contributed by atoms with van der Waals surface area (Å²) in [5.74, 6) is 2.77. The van der Waals surface area contributed by atoms with Crippen molar-refractivity contribution in [3.05, 3.63) is 29.4 Å². The molecular weight excluding hydrogens is 242 g/mol. The van der Waals surface area contributed by atoms with Gasteiger partial charge in [0.15, 0.2) is 0 Å². The van der Waals surface area contributed by atoms with E-state index in [1.165, 1.54) is 0 Å². The number of rotatable bonds is 5. The van der Waals surface area contributed by atoms with Crippen molar-refractivity contribution >= 4 is 11.6 Å². The minimum Gasteiger partial charge on any atom is -0.373 e. The number of nitrogens with zero attached hydrogens (tertiary/aromatic N) is 3. The van der Waals surface area contributed by atoms with Gasteiger partial charge in [0.25, 0.3) is 0 Å². The predicted molar refractivity (Wildman–Crippen MR) is 74.2 cm³/mol. The van der Waals surface area contributed by atoms with Gasteiger partial charge in [-0.1, -0.05) is 19.0 Å². The summed E-state index contributed by atoms with van der Waals surface area (Å²) >= 11 is 0. The van der Waals surface area contributed by atoms with Gasteiger partial charge < -0.3 is 15.2 Å². The summed E-state index contributed by atoms with van der Waals surface area (Å²) < 4.78 is 4.80. The zero-order valence-corrected chi connectivity index (χ0v) is 11.7. The summed E-state index contributed by atoms with van der Waals surface area (Å²) in [5, 5.41) is 10.2. The van der Waals surface area contributed by atoms with Crippen LogP contribution in [0.15, 0.2) is 16.9 Å². The Hall–Kier alpha value is -2.11. The minimum atomic E-state index is 0.278. The van der Waals surface area contributed by atoms with Crippen molar-refractivity contribution in [2.75, 3.05) is 17.7 Å². The second-order valence-electron chi connectivity index (χ2n) is 4.65. The summed E-state index contributed by atoms with van der Waals surface area (Å²) in [6.07, 6.45) is 1.56. The second kappa shape index (κ2) is 5.69. The zero-order valence-electron chi connectivity index (χ0n) is 11.7. The lowest BCUT2D eigenvalue weighted by Crippen LogP contribution is -2.10. The molecule has 0 saturated carbocycles. The number of aromatic nitrogens is 3. The Labute approximate surface area is 112 Å². The molecule has 0 bridgehead atoms. The van der Waals surface area contributed by atoms with Crippen molar-refractivity contribution in [2.24, 2.45) is 0 Å². The summed E-state index contributed by atoms with van der Waals surface area (Å²) in [5.41, 5.74) is 1.84. The van der Waals surface area contributed by atoms with Gasteiger partial charge in [0.1, 0.15) is 29.4 Å². The Balaban J connectivity index is 2.24. The van der Waals surface area contributed by atoms with E-state index >= 15 is 0 Å². The molecule has 0 fully saturated rings. The molecule has 6 heteroatoms. The normalized spacial score (nSPS) is 10.8. The molecule has 2 rings (SSSR count). The molecule has 2 heterocycles. The van der Waals surface area contributed by atoms with E-state index in [0.29, 0.717) is 6.54 Å². The Morgan fingerprint density at radius 3 is 2.58 bits per heavy atom. The molecular formula is C13H19N5O. The van der Waals surface area contributed by atoms with Crippen molar-refractivity contribution < 1.29 is 4.52 Å². The highest BCUT2D eigenvalue weighted by atomic mass is 16.5. The van der Waals surface area contributed by atoms with Crippen molar-refractivity contribution in [3.8, 4) is 0 Å². The van der Waals surface area contributed by atoms with Crippen molar-refractivity contribution in [1.29, 1.82) is 0 Å². The lowest BCUT2D eigenvalue weighted by Gasteiger charge is -2.14. The molecule has 0 aliphatic heterocycles. The molecule has 0 spiro atoms. The minimum absolute atomic E-state index is 0.278. The second-order valence-corrected chi connectivity index (χ2v) is 4.65. The largest absolute Gasteiger partial charge is 0.373 e. The highest BCUT2D eigenvalue weighted by Crippen LogP contribution is 2.23. The standard InChI is InChI=1S/C13H19N5O/c1-8(2)11-16-12(14-4)9(3)13(17-11)15-7-10-5-6-19-18-10/h5-6,8H,7H2,1-4H3,(H2,14,15,16,17). The quantitative estimate of drug-likeness (QED) is 0.861. The fraction of sp³-hybridized carbons (Fsp3) is 0.462. The van der Waals surface area contributed by atoms with E-state index in [0.717, 1.165) is 28.7 Å². The fourth-order valence-electron chi connectivity index (χ4n) is 1.71. The van der Waals surface area contributed by atoms with Gasteiger partial charge in [0, 0.05) is 24.6 Å². The number of nitrogens with one attached hydrogen (secondary N) is 2. The zero-order chi connectivity index (χ0) is 13.8. The van der Waals surface area contributed by atoms with Crippen molar-refractivity contribution in [2.45, 2.75) is 33.2 Å². The van der Waals surface area contributed by atoms with E-state index in [2.05, 4.69) is 39.6 Å². The predicted octanol–water partition coefficient (Wildman–Crippen LogP) is 2.55. The van der Waals surface area contributed by atoms with Crippen molar-refractivity contribution in [1.82, 2.24) is 15.1 Å².